The van der Waals surface area contributed by atoms with Gasteiger partial charge in [0.15, 0.2) is 11.5 Å². The minimum Gasteiger partial charge on any atom is -0.486 e. The van der Waals surface area contributed by atoms with Gasteiger partial charge in [-0.05, 0) is 61.7 Å². The van der Waals surface area contributed by atoms with Crippen LogP contribution < -0.4 is 19.7 Å². The number of anilines is 1. The lowest BCUT2D eigenvalue weighted by molar-refractivity contribution is -0.119. The van der Waals surface area contributed by atoms with E-state index in [0.29, 0.717) is 30.9 Å². The first-order valence-corrected chi connectivity index (χ1v) is 9.72. The van der Waals surface area contributed by atoms with Crippen LogP contribution in [0.5, 0.6) is 11.5 Å². The van der Waals surface area contributed by atoms with Crippen LogP contribution in [0.1, 0.15) is 48.1 Å². The zero-order valence-corrected chi connectivity index (χ0v) is 15.9. The lowest BCUT2D eigenvalue weighted by Crippen LogP contribution is -2.35. The second kappa shape index (κ2) is 7.92. The fourth-order valence-electron chi connectivity index (χ4n) is 3.56. The molecule has 4 rings (SSSR count). The zero-order chi connectivity index (χ0) is 19.5. The molecule has 2 aromatic rings. The van der Waals surface area contributed by atoms with Gasteiger partial charge in [0.05, 0.1) is 6.04 Å². The van der Waals surface area contributed by atoms with Gasteiger partial charge in [-0.25, -0.2) is 0 Å². The molecule has 146 valence electrons. The molecule has 1 saturated heterocycles. The van der Waals surface area contributed by atoms with E-state index in [1.165, 1.54) is 0 Å². The van der Waals surface area contributed by atoms with Gasteiger partial charge in [0.1, 0.15) is 13.2 Å². The SMILES string of the molecule is C[C@@H](NC(=O)c1ccc(N2CCCCC2=O)cc1)c1ccc2c(c1)OCCO2. The van der Waals surface area contributed by atoms with E-state index in [9.17, 15) is 9.59 Å². The molecule has 6 nitrogen and oxygen atoms in total. The van der Waals surface area contributed by atoms with Gasteiger partial charge in [0, 0.05) is 24.2 Å². The second-order valence-electron chi connectivity index (χ2n) is 7.15. The summed E-state index contributed by atoms with van der Waals surface area (Å²) in [5.41, 5.74) is 2.37. The number of nitrogens with one attached hydrogen (secondary N) is 1. The smallest absolute Gasteiger partial charge is 0.251 e. The molecule has 0 aliphatic carbocycles. The van der Waals surface area contributed by atoms with Crippen LogP contribution in [0.25, 0.3) is 0 Å². The van der Waals surface area contributed by atoms with E-state index >= 15 is 0 Å². The minimum atomic E-state index is -0.174. The van der Waals surface area contributed by atoms with Crippen LogP contribution in [0, 0.1) is 0 Å². The van der Waals surface area contributed by atoms with Crippen molar-refractivity contribution in [3.05, 3.63) is 53.6 Å². The van der Waals surface area contributed by atoms with Gasteiger partial charge in [-0.15, -0.1) is 0 Å². The first-order chi connectivity index (χ1) is 13.6. The Hall–Kier alpha value is -3.02. The lowest BCUT2D eigenvalue weighted by atomic mass is 10.1. The second-order valence-corrected chi connectivity index (χ2v) is 7.15. The molecule has 1 atom stereocenters. The van der Waals surface area contributed by atoms with Crippen molar-refractivity contribution >= 4 is 17.5 Å². The van der Waals surface area contributed by atoms with E-state index in [1.54, 1.807) is 17.0 Å². The summed E-state index contributed by atoms with van der Waals surface area (Å²) in [6, 6.07) is 12.8. The molecule has 2 aromatic carbocycles. The van der Waals surface area contributed by atoms with Crippen molar-refractivity contribution in [3.63, 3.8) is 0 Å². The maximum absolute atomic E-state index is 12.6. The summed E-state index contributed by atoms with van der Waals surface area (Å²) < 4.78 is 11.2. The molecular weight excluding hydrogens is 356 g/mol. The van der Waals surface area contributed by atoms with Crippen LogP contribution in [0.15, 0.2) is 42.5 Å². The van der Waals surface area contributed by atoms with Crippen molar-refractivity contribution in [2.45, 2.75) is 32.2 Å². The summed E-state index contributed by atoms with van der Waals surface area (Å²) >= 11 is 0. The number of piperidine rings is 1. The number of rotatable bonds is 4. The molecule has 1 fully saturated rings. The normalized spacial score (nSPS) is 17.2. The van der Waals surface area contributed by atoms with Crippen molar-refractivity contribution in [1.82, 2.24) is 5.32 Å². The third-order valence-corrected chi connectivity index (χ3v) is 5.18. The van der Waals surface area contributed by atoms with Crippen molar-refractivity contribution < 1.29 is 19.1 Å². The van der Waals surface area contributed by atoms with E-state index in [1.807, 2.05) is 37.3 Å². The molecule has 0 bridgehead atoms. The molecule has 0 spiro atoms. The summed E-state index contributed by atoms with van der Waals surface area (Å²) in [7, 11) is 0. The Kier molecular flexibility index (Phi) is 5.19. The first kappa shape index (κ1) is 18.3. The van der Waals surface area contributed by atoms with E-state index in [4.69, 9.17) is 9.47 Å². The van der Waals surface area contributed by atoms with Crippen LogP contribution >= 0.6 is 0 Å². The van der Waals surface area contributed by atoms with Crippen LogP contribution in [0.2, 0.25) is 0 Å². The highest BCUT2D eigenvalue weighted by Gasteiger charge is 2.20. The Morgan fingerprint density at radius 1 is 1.04 bits per heavy atom. The van der Waals surface area contributed by atoms with Crippen molar-refractivity contribution in [3.8, 4) is 11.5 Å². The maximum Gasteiger partial charge on any atom is 0.251 e. The summed E-state index contributed by atoms with van der Waals surface area (Å²) in [5, 5.41) is 3.01. The highest BCUT2D eigenvalue weighted by molar-refractivity contribution is 5.97. The molecule has 0 aromatic heterocycles. The van der Waals surface area contributed by atoms with Gasteiger partial charge < -0.3 is 19.7 Å². The van der Waals surface area contributed by atoms with Gasteiger partial charge >= 0.3 is 0 Å². The predicted octanol–water partition coefficient (Wildman–Crippen LogP) is 3.47. The Balaban J connectivity index is 1.42. The van der Waals surface area contributed by atoms with Crippen molar-refractivity contribution in [1.29, 1.82) is 0 Å². The van der Waals surface area contributed by atoms with Crippen molar-refractivity contribution in [2.75, 3.05) is 24.7 Å². The molecule has 1 N–H and O–H groups in total. The Morgan fingerprint density at radius 2 is 1.79 bits per heavy atom. The molecule has 0 radical (unpaired) electrons. The third kappa shape index (κ3) is 3.81. The lowest BCUT2D eigenvalue weighted by Gasteiger charge is -2.26. The molecule has 2 heterocycles. The van der Waals surface area contributed by atoms with E-state index in [-0.39, 0.29) is 17.9 Å². The number of fused-ring (bicyclic) bond motifs is 1. The largest absolute Gasteiger partial charge is 0.486 e. The average Bonchev–Trinajstić information content (AvgIpc) is 2.74. The fraction of sp³-hybridized carbons (Fsp3) is 0.364. The van der Waals surface area contributed by atoms with Gasteiger partial charge in [0.25, 0.3) is 5.91 Å². The molecule has 2 aliphatic rings. The monoisotopic (exact) mass is 380 g/mol. The number of carbonyl (C=O) groups excluding carboxylic acids is 2. The standard InChI is InChI=1S/C22H24N2O4/c1-15(17-7-10-19-20(14-17)28-13-12-27-19)23-22(26)16-5-8-18(9-6-16)24-11-3-2-4-21(24)25/h5-10,14-15H,2-4,11-13H2,1H3,(H,23,26)/t15-/m1/s1. The average molecular weight is 380 g/mol. The molecule has 2 aliphatic heterocycles. The van der Waals surface area contributed by atoms with Gasteiger partial charge in [-0.2, -0.15) is 0 Å². The number of hydrogen-bond donors (Lipinski definition) is 1. The van der Waals surface area contributed by atoms with Crippen LogP contribution in [-0.4, -0.2) is 31.6 Å². The summed E-state index contributed by atoms with van der Waals surface area (Å²) in [6.07, 6.45) is 2.56. The first-order valence-electron chi connectivity index (χ1n) is 9.72. The number of carbonyl (C=O) groups is 2. The van der Waals surface area contributed by atoms with E-state index in [0.717, 1.165) is 36.4 Å². The Bertz CT molecular complexity index is 879. The van der Waals surface area contributed by atoms with Gasteiger partial charge in [0.2, 0.25) is 5.91 Å². The Labute approximate surface area is 164 Å². The number of nitrogens with zero attached hydrogens (tertiary/aromatic N) is 1. The van der Waals surface area contributed by atoms with Crippen LogP contribution in [-0.2, 0) is 4.79 Å². The molecule has 6 heteroatoms. The summed E-state index contributed by atoms with van der Waals surface area (Å²) in [4.78, 5) is 26.5. The summed E-state index contributed by atoms with van der Waals surface area (Å²) in [5.74, 6) is 1.44. The quantitative estimate of drug-likeness (QED) is 0.882. The Morgan fingerprint density at radius 3 is 2.54 bits per heavy atom. The third-order valence-electron chi connectivity index (χ3n) is 5.18. The topological polar surface area (TPSA) is 67.9 Å². The van der Waals surface area contributed by atoms with Gasteiger partial charge in [-0.3, -0.25) is 9.59 Å². The number of hydrogen-bond acceptors (Lipinski definition) is 4. The van der Waals surface area contributed by atoms with Gasteiger partial charge in [-0.1, -0.05) is 6.07 Å². The zero-order valence-electron chi connectivity index (χ0n) is 15.9. The number of benzene rings is 2. The van der Waals surface area contributed by atoms with Crippen LogP contribution in [0.3, 0.4) is 0 Å². The fourth-order valence-corrected chi connectivity index (χ4v) is 3.56. The summed E-state index contributed by atoms with van der Waals surface area (Å²) in [6.45, 7) is 3.76. The minimum absolute atomic E-state index is 0.149. The molecule has 0 saturated carbocycles. The molecule has 28 heavy (non-hydrogen) atoms. The van der Waals surface area contributed by atoms with E-state index < -0.39 is 0 Å². The predicted molar refractivity (Wildman–Crippen MR) is 106 cm³/mol. The highest BCUT2D eigenvalue weighted by Crippen LogP contribution is 2.32. The highest BCUT2D eigenvalue weighted by atomic mass is 16.6. The number of ether oxygens (including phenoxy) is 2. The molecular formula is C22H24N2O4. The molecule has 0 unspecified atom stereocenters. The van der Waals surface area contributed by atoms with E-state index in [2.05, 4.69) is 5.32 Å². The maximum atomic E-state index is 12.6. The van der Waals surface area contributed by atoms with Crippen molar-refractivity contribution in [2.24, 2.45) is 0 Å². The number of amides is 2. The van der Waals surface area contributed by atoms with Crippen LogP contribution in [0.4, 0.5) is 5.69 Å². The molecule has 2 amide bonds.